The fourth-order valence-electron chi connectivity index (χ4n) is 3.09. The van der Waals surface area contributed by atoms with Gasteiger partial charge in [-0.1, -0.05) is 12.1 Å². The fourth-order valence-corrected chi connectivity index (χ4v) is 3.71. The number of benzene rings is 1. The summed E-state index contributed by atoms with van der Waals surface area (Å²) in [5, 5.41) is 6.62. The first-order valence-corrected chi connectivity index (χ1v) is 9.24. The second-order valence-corrected chi connectivity index (χ2v) is 7.38. The van der Waals surface area contributed by atoms with Crippen LogP contribution in [-0.2, 0) is 17.9 Å². The number of thiazole rings is 1. The van der Waals surface area contributed by atoms with E-state index in [1.165, 1.54) is 11.3 Å². The van der Waals surface area contributed by atoms with Crippen molar-refractivity contribution in [1.29, 1.82) is 0 Å². The van der Waals surface area contributed by atoms with Crippen LogP contribution in [0.2, 0.25) is 0 Å². The summed E-state index contributed by atoms with van der Waals surface area (Å²) in [5.41, 5.74) is 8.97. The molecule has 2 aromatic rings. The van der Waals surface area contributed by atoms with Gasteiger partial charge in [0, 0.05) is 37.2 Å². The van der Waals surface area contributed by atoms with Gasteiger partial charge >= 0.3 is 0 Å². The Morgan fingerprint density at radius 1 is 1.38 bits per heavy atom. The molecule has 1 aliphatic heterocycles. The van der Waals surface area contributed by atoms with Crippen LogP contribution in [0.4, 0.5) is 5.69 Å². The van der Waals surface area contributed by atoms with Gasteiger partial charge in [0.2, 0.25) is 5.91 Å². The van der Waals surface area contributed by atoms with Crippen LogP contribution in [0.5, 0.6) is 0 Å². The Bertz CT molecular complexity index is 683. The largest absolute Gasteiger partial charge is 0.371 e. The lowest BCUT2D eigenvalue weighted by molar-refractivity contribution is -0.122. The Kier molecular flexibility index (Phi) is 5.48. The molecule has 3 N–H and O–H groups in total. The minimum atomic E-state index is -0.183. The molecule has 0 aliphatic carbocycles. The van der Waals surface area contributed by atoms with Crippen molar-refractivity contribution >= 4 is 22.9 Å². The van der Waals surface area contributed by atoms with Crippen LogP contribution >= 0.6 is 11.3 Å². The van der Waals surface area contributed by atoms with E-state index in [0.29, 0.717) is 0 Å². The summed E-state index contributed by atoms with van der Waals surface area (Å²) in [7, 11) is 0. The predicted octanol–water partition coefficient (Wildman–Crippen LogP) is 2.44. The molecule has 1 fully saturated rings. The van der Waals surface area contributed by atoms with Crippen molar-refractivity contribution in [2.24, 2.45) is 11.7 Å². The average Bonchev–Trinajstić information content (AvgIpc) is 3.01. The van der Waals surface area contributed by atoms with Crippen LogP contribution in [0.15, 0.2) is 29.6 Å². The number of anilines is 1. The zero-order valence-corrected chi connectivity index (χ0v) is 14.8. The maximum atomic E-state index is 11.4. The second-order valence-electron chi connectivity index (χ2n) is 6.32. The van der Waals surface area contributed by atoms with E-state index in [-0.39, 0.29) is 11.8 Å². The summed E-state index contributed by atoms with van der Waals surface area (Å²) in [4.78, 5) is 18.1. The third-order valence-corrected chi connectivity index (χ3v) is 5.25. The Hall–Kier alpha value is -1.92. The lowest BCUT2D eigenvalue weighted by Crippen LogP contribution is -2.41. The van der Waals surface area contributed by atoms with E-state index in [4.69, 9.17) is 5.73 Å². The topological polar surface area (TPSA) is 71.2 Å². The number of hydrogen-bond donors (Lipinski definition) is 2. The van der Waals surface area contributed by atoms with Gasteiger partial charge in [-0.3, -0.25) is 4.79 Å². The average molecular weight is 344 g/mol. The number of nitrogens with zero attached hydrogens (tertiary/aromatic N) is 2. The minimum Gasteiger partial charge on any atom is -0.371 e. The Morgan fingerprint density at radius 3 is 2.83 bits per heavy atom. The first-order chi connectivity index (χ1) is 11.6. The quantitative estimate of drug-likeness (QED) is 0.844. The van der Waals surface area contributed by atoms with Gasteiger partial charge in [-0.25, -0.2) is 4.98 Å². The van der Waals surface area contributed by atoms with Crippen LogP contribution in [0.25, 0.3) is 0 Å². The molecule has 1 amide bonds. The van der Waals surface area contributed by atoms with Crippen LogP contribution in [-0.4, -0.2) is 24.0 Å². The highest BCUT2D eigenvalue weighted by atomic mass is 32.1. The van der Waals surface area contributed by atoms with Crippen molar-refractivity contribution in [1.82, 2.24) is 10.3 Å². The standard InChI is InChI=1S/C18H24N4OS/c1-13-21-16(12-24-13)10-20-9-14-4-6-17(7-5-14)22-8-2-3-15(11-22)18(19)23/h4-7,12,15,20H,2-3,8-11H2,1H3,(H2,19,23). The van der Waals surface area contributed by atoms with Crippen LogP contribution < -0.4 is 16.0 Å². The van der Waals surface area contributed by atoms with E-state index in [0.717, 1.165) is 49.7 Å². The van der Waals surface area contributed by atoms with E-state index in [9.17, 15) is 4.79 Å². The smallest absolute Gasteiger partial charge is 0.222 e. The lowest BCUT2D eigenvalue weighted by atomic mass is 9.97. The van der Waals surface area contributed by atoms with Gasteiger partial charge in [-0.15, -0.1) is 11.3 Å². The number of primary amides is 1. The van der Waals surface area contributed by atoms with E-state index < -0.39 is 0 Å². The number of nitrogens with two attached hydrogens (primary N) is 1. The molecule has 0 spiro atoms. The number of hydrogen-bond acceptors (Lipinski definition) is 5. The van der Waals surface area contributed by atoms with Gasteiger partial charge in [-0.05, 0) is 37.5 Å². The number of carbonyl (C=O) groups is 1. The third-order valence-electron chi connectivity index (χ3n) is 4.43. The van der Waals surface area contributed by atoms with Gasteiger partial charge in [-0.2, -0.15) is 0 Å². The summed E-state index contributed by atoms with van der Waals surface area (Å²) in [5.74, 6) is -0.209. The molecule has 2 heterocycles. The molecule has 1 aromatic carbocycles. The van der Waals surface area contributed by atoms with E-state index >= 15 is 0 Å². The number of carbonyl (C=O) groups excluding carboxylic acids is 1. The molecule has 0 radical (unpaired) electrons. The van der Waals surface area contributed by atoms with Crippen molar-refractivity contribution in [2.75, 3.05) is 18.0 Å². The van der Waals surface area contributed by atoms with Crippen LogP contribution in [0.1, 0.15) is 29.1 Å². The summed E-state index contributed by atoms with van der Waals surface area (Å²) >= 11 is 1.68. The van der Waals surface area contributed by atoms with Crippen molar-refractivity contribution in [3.8, 4) is 0 Å². The molecule has 0 saturated carbocycles. The second kappa shape index (κ2) is 7.77. The molecule has 5 nitrogen and oxygen atoms in total. The Morgan fingerprint density at radius 2 is 2.17 bits per heavy atom. The number of rotatable bonds is 6. The van der Waals surface area contributed by atoms with Crippen molar-refractivity contribution < 1.29 is 4.79 Å². The molecule has 1 aromatic heterocycles. The number of amides is 1. The predicted molar refractivity (Wildman–Crippen MR) is 98.0 cm³/mol. The molecule has 1 aliphatic rings. The fraction of sp³-hybridized carbons (Fsp3) is 0.444. The summed E-state index contributed by atoms with van der Waals surface area (Å²) in [6.07, 6.45) is 1.92. The highest BCUT2D eigenvalue weighted by Crippen LogP contribution is 2.23. The summed E-state index contributed by atoms with van der Waals surface area (Å²) < 4.78 is 0. The number of piperidine rings is 1. The molecule has 128 valence electrons. The Labute approximate surface area is 146 Å². The number of nitrogens with one attached hydrogen (secondary N) is 1. The van der Waals surface area contributed by atoms with E-state index in [1.54, 1.807) is 11.3 Å². The first kappa shape index (κ1) is 16.9. The normalized spacial score (nSPS) is 17.9. The van der Waals surface area contributed by atoms with Crippen molar-refractivity contribution in [3.63, 3.8) is 0 Å². The van der Waals surface area contributed by atoms with E-state index in [1.807, 2.05) is 6.92 Å². The van der Waals surface area contributed by atoms with Gasteiger partial charge in [0.1, 0.15) is 0 Å². The summed E-state index contributed by atoms with van der Waals surface area (Å²) in [6.45, 7) is 5.36. The van der Waals surface area contributed by atoms with Crippen LogP contribution in [0.3, 0.4) is 0 Å². The van der Waals surface area contributed by atoms with E-state index in [2.05, 4.69) is 44.8 Å². The SMILES string of the molecule is Cc1nc(CNCc2ccc(N3CCCC(C(N)=O)C3)cc2)cs1. The van der Waals surface area contributed by atoms with Gasteiger partial charge in [0.15, 0.2) is 0 Å². The maximum absolute atomic E-state index is 11.4. The molecule has 1 atom stereocenters. The number of aryl methyl sites for hydroxylation is 1. The highest BCUT2D eigenvalue weighted by molar-refractivity contribution is 7.09. The van der Waals surface area contributed by atoms with Crippen LogP contribution in [0, 0.1) is 12.8 Å². The van der Waals surface area contributed by atoms with Crippen molar-refractivity contribution in [3.05, 3.63) is 45.9 Å². The zero-order valence-electron chi connectivity index (χ0n) is 14.0. The highest BCUT2D eigenvalue weighted by Gasteiger charge is 2.23. The maximum Gasteiger partial charge on any atom is 0.222 e. The van der Waals surface area contributed by atoms with Gasteiger partial charge in [0.05, 0.1) is 16.6 Å². The molecule has 1 saturated heterocycles. The third kappa shape index (κ3) is 4.33. The Balaban J connectivity index is 1.52. The van der Waals surface area contributed by atoms with Gasteiger partial charge in [0.25, 0.3) is 0 Å². The molecule has 3 rings (SSSR count). The molecule has 0 bridgehead atoms. The first-order valence-electron chi connectivity index (χ1n) is 8.37. The zero-order chi connectivity index (χ0) is 16.9. The molecule has 1 unspecified atom stereocenters. The van der Waals surface area contributed by atoms with Crippen molar-refractivity contribution in [2.45, 2.75) is 32.9 Å². The number of aromatic nitrogens is 1. The monoisotopic (exact) mass is 344 g/mol. The molecule has 24 heavy (non-hydrogen) atoms. The molecule has 6 heteroatoms. The summed E-state index contributed by atoms with van der Waals surface area (Å²) in [6, 6.07) is 8.55. The van der Waals surface area contributed by atoms with Gasteiger partial charge < -0.3 is 16.0 Å². The lowest BCUT2D eigenvalue weighted by Gasteiger charge is -2.33. The minimum absolute atomic E-state index is 0.0262. The molecular formula is C18H24N4OS. The molecular weight excluding hydrogens is 320 g/mol.